The van der Waals surface area contributed by atoms with Gasteiger partial charge in [0.25, 0.3) is 5.91 Å². The van der Waals surface area contributed by atoms with Crippen LogP contribution in [-0.2, 0) is 6.54 Å². The van der Waals surface area contributed by atoms with E-state index in [2.05, 4.69) is 9.97 Å². The zero-order chi connectivity index (χ0) is 19.1. The fourth-order valence-electron chi connectivity index (χ4n) is 3.00. The minimum absolute atomic E-state index is 0.240. The van der Waals surface area contributed by atoms with E-state index >= 15 is 0 Å². The molecule has 2 heterocycles. The summed E-state index contributed by atoms with van der Waals surface area (Å²) in [4.78, 5) is 23.8. The minimum Gasteiger partial charge on any atom is -0.333 e. The zero-order valence-electron chi connectivity index (χ0n) is 14.7. The Morgan fingerprint density at radius 2 is 1.96 bits per heavy atom. The molecule has 2 aromatic carbocycles. The molecule has 2 aromatic heterocycles. The Morgan fingerprint density at radius 1 is 1.19 bits per heavy atom. The third kappa shape index (κ3) is 3.26. The molecule has 0 aliphatic rings. The summed E-state index contributed by atoms with van der Waals surface area (Å²) in [5, 5.41) is 2.02. The van der Waals surface area contributed by atoms with Gasteiger partial charge in [-0.05, 0) is 31.2 Å². The minimum atomic E-state index is -0.354. The number of rotatable bonds is 3. The number of benzene rings is 2. The average Bonchev–Trinajstić information content (AvgIpc) is 2.97. The van der Waals surface area contributed by atoms with E-state index in [-0.39, 0.29) is 18.3 Å². The summed E-state index contributed by atoms with van der Waals surface area (Å²) in [6, 6.07) is 12.1. The van der Waals surface area contributed by atoms with Crippen LogP contribution >= 0.6 is 22.9 Å². The lowest BCUT2D eigenvalue weighted by atomic mass is 10.2. The molecular weight excluding hydrogens is 385 g/mol. The molecule has 0 saturated heterocycles. The molecule has 0 aliphatic heterocycles. The van der Waals surface area contributed by atoms with Crippen LogP contribution in [0.3, 0.4) is 0 Å². The topological polar surface area (TPSA) is 46.1 Å². The van der Waals surface area contributed by atoms with Crippen LogP contribution in [0.5, 0.6) is 0 Å². The van der Waals surface area contributed by atoms with Gasteiger partial charge in [-0.25, -0.2) is 14.4 Å². The molecule has 0 fully saturated rings. The normalized spacial score (nSPS) is 11.3. The first-order chi connectivity index (χ1) is 12.9. The first-order valence-electron chi connectivity index (χ1n) is 8.29. The molecular formula is C20H15ClFN3OS. The van der Waals surface area contributed by atoms with Crippen LogP contribution < -0.4 is 0 Å². The average molecular weight is 400 g/mol. The van der Waals surface area contributed by atoms with Crippen molar-refractivity contribution in [1.82, 2.24) is 14.9 Å². The Bertz CT molecular complexity index is 1190. The van der Waals surface area contributed by atoms with Crippen molar-refractivity contribution in [3.05, 3.63) is 69.7 Å². The number of fused-ring (bicyclic) bond motifs is 2. The largest absolute Gasteiger partial charge is 0.333 e. The maximum Gasteiger partial charge on any atom is 0.265 e. The van der Waals surface area contributed by atoms with Crippen molar-refractivity contribution in [2.45, 2.75) is 13.5 Å². The molecule has 27 heavy (non-hydrogen) atoms. The van der Waals surface area contributed by atoms with Gasteiger partial charge in [0.15, 0.2) is 0 Å². The Balaban J connectivity index is 1.64. The molecule has 1 amide bonds. The van der Waals surface area contributed by atoms with Crippen molar-refractivity contribution in [3.63, 3.8) is 0 Å². The van der Waals surface area contributed by atoms with E-state index < -0.39 is 0 Å². The number of halogens is 2. The highest BCUT2D eigenvalue weighted by molar-refractivity contribution is 7.21. The molecule has 0 N–H and O–H groups in total. The van der Waals surface area contributed by atoms with Gasteiger partial charge in [-0.3, -0.25) is 4.79 Å². The first kappa shape index (κ1) is 17.8. The molecule has 0 radical (unpaired) electrons. The molecule has 136 valence electrons. The quantitative estimate of drug-likeness (QED) is 0.474. The Morgan fingerprint density at radius 3 is 2.78 bits per heavy atom. The second-order valence-corrected chi connectivity index (χ2v) is 7.72. The second-order valence-electron chi connectivity index (χ2n) is 6.29. The number of aryl methyl sites for hydroxylation is 1. The van der Waals surface area contributed by atoms with E-state index in [4.69, 9.17) is 11.6 Å². The van der Waals surface area contributed by atoms with Crippen molar-refractivity contribution >= 4 is 49.8 Å². The van der Waals surface area contributed by atoms with Gasteiger partial charge in [-0.15, -0.1) is 11.3 Å². The third-order valence-corrected chi connectivity index (χ3v) is 6.00. The van der Waals surface area contributed by atoms with E-state index in [0.717, 1.165) is 16.6 Å². The summed E-state index contributed by atoms with van der Waals surface area (Å²) in [5.41, 5.74) is 1.71. The van der Waals surface area contributed by atoms with Crippen LogP contribution in [0.2, 0.25) is 5.02 Å². The summed E-state index contributed by atoms with van der Waals surface area (Å²) in [6.07, 6.45) is 0. The van der Waals surface area contributed by atoms with Gasteiger partial charge < -0.3 is 4.90 Å². The van der Waals surface area contributed by atoms with Gasteiger partial charge in [-0.2, -0.15) is 0 Å². The standard InChI is InChI=1S/C20H15ClFN3OS/c1-11-13-5-3-4-6-15(13)24-17(23-11)10-25(2)20(26)19-18(21)14-8-7-12(22)9-16(14)27-19/h3-9H,10H2,1-2H3. The molecule has 0 unspecified atom stereocenters. The number of hydrogen-bond acceptors (Lipinski definition) is 4. The first-order valence-corrected chi connectivity index (χ1v) is 9.49. The number of hydrogen-bond donors (Lipinski definition) is 0. The van der Waals surface area contributed by atoms with Crippen LogP contribution in [0, 0.1) is 12.7 Å². The van der Waals surface area contributed by atoms with E-state index in [0.29, 0.717) is 25.8 Å². The van der Waals surface area contributed by atoms with Crippen molar-refractivity contribution < 1.29 is 9.18 Å². The summed E-state index contributed by atoms with van der Waals surface area (Å²) in [7, 11) is 1.68. The molecule has 4 nitrogen and oxygen atoms in total. The highest BCUT2D eigenvalue weighted by atomic mass is 35.5. The van der Waals surface area contributed by atoms with Gasteiger partial charge in [0.05, 0.1) is 17.1 Å². The fraction of sp³-hybridized carbons (Fsp3) is 0.150. The van der Waals surface area contributed by atoms with Crippen molar-refractivity contribution in [3.8, 4) is 0 Å². The van der Waals surface area contributed by atoms with E-state index in [9.17, 15) is 9.18 Å². The van der Waals surface area contributed by atoms with Crippen LogP contribution in [-0.4, -0.2) is 27.8 Å². The summed E-state index contributed by atoms with van der Waals surface area (Å²) < 4.78 is 14.1. The lowest BCUT2D eigenvalue weighted by Crippen LogP contribution is -2.26. The van der Waals surface area contributed by atoms with Crippen LogP contribution in [0.15, 0.2) is 42.5 Å². The summed E-state index contributed by atoms with van der Waals surface area (Å²) in [5.74, 6) is -0.0332. The fourth-order valence-corrected chi connectivity index (χ4v) is 4.53. The maximum atomic E-state index is 13.4. The smallest absolute Gasteiger partial charge is 0.265 e. The number of carbonyl (C=O) groups excluding carboxylic acids is 1. The van der Waals surface area contributed by atoms with Crippen LogP contribution in [0.25, 0.3) is 21.0 Å². The van der Waals surface area contributed by atoms with Crippen LogP contribution in [0.1, 0.15) is 21.2 Å². The molecule has 0 bridgehead atoms. The number of aromatic nitrogens is 2. The summed E-state index contributed by atoms with van der Waals surface area (Å²) in [6.45, 7) is 2.18. The second kappa shape index (κ2) is 6.87. The van der Waals surface area contributed by atoms with Crippen molar-refractivity contribution in [1.29, 1.82) is 0 Å². The number of nitrogens with zero attached hydrogens (tertiary/aromatic N) is 3. The SMILES string of the molecule is Cc1nc(CN(C)C(=O)c2sc3cc(F)ccc3c2Cl)nc2ccccc12. The molecule has 0 atom stereocenters. The summed E-state index contributed by atoms with van der Waals surface area (Å²) >= 11 is 7.55. The predicted octanol–water partition coefficient (Wildman–Crippen LogP) is 5.22. The highest BCUT2D eigenvalue weighted by Crippen LogP contribution is 2.36. The monoisotopic (exact) mass is 399 g/mol. The zero-order valence-corrected chi connectivity index (χ0v) is 16.2. The lowest BCUT2D eigenvalue weighted by Gasteiger charge is -2.16. The molecule has 0 saturated carbocycles. The van der Waals surface area contributed by atoms with Crippen LogP contribution in [0.4, 0.5) is 4.39 Å². The molecule has 4 aromatic rings. The van der Waals surface area contributed by atoms with Gasteiger partial charge in [0, 0.05) is 28.2 Å². The predicted molar refractivity (Wildman–Crippen MR) is 107 cm³/mol. The molecule has 0 spiro atoms. The third-order valence-electron chi connectivity index (χ3n) is 4.35. The number of thiophene rings is 1. The van der Waals surface area contributed by atoms with E-state index in [1.165, 1.54) is 28.4 Å². The Hall–Kier alpha value is -2.57. The van der Waals surface area contributed by atoms with E-state index in [1.807, 2.05) is 31.2 Å². The number of amides is 1. The van der Waals surface area contributed by atoms with Crippen molar-refractivity contribution in [2.24, 2.45) is 0 Å². The number of para-hydroxylation sites is 1. The Labute approximate surface area is 164 Å². The van der Waals surface area contributed by atoms with Crippen molar-refractivity contribution in [2.75, 3.05) is 7.05 Å². The van der Waals surface area contributed by atoms with Gasteiger partial charge in [0.1, 0.15) is 16.5 Å². The van der Waals surface area contributed by atoms with Gasteiger partial charge in [0.2, 0.25) is 0 Å². The van der Waals surface area contributed by atoms with Gasteiger partial charge in [-0.1, -0.05) is 29.8 Å². The number of carbonyl (C=O) groups is 1. The maximum absolute atomic E-state index is 13.4. The highest BCUT2D eigenvalue weighted by Gasteiger charge is 2.21. The molecule has 0 aliphatic carbocycles. The van der Waals surface area contributed by atoms with Gasteiger partial charge >= 0.3 is 0 Å². The molecule has 7 heteroatoms. The Kier molecular flexibility index (Phi) is 4.53. The van der Waals surface area contributed by atoms with E-state index in [1.54, 1.807) is 13.1 Å². The molecule has 4 rings (SSSR count). The lowest BCUT2D eigenvalue weighted by molar-refractivity contribution is 0.0786.